The van der Waals surface area contributed by atoms with Gasteiger partial charge in [-0.1, -0.05) is 77.4 Å². The Morgan fingerprint density at radius 2 is 1.52 bits per heavy atom. The van der Waals surface area contributed by atoms with Crippen LogP contribution in [0, 0.1) is 5.92 Å². The van der Waals surface area contributed by atoms with Crippen LogP contribution in [-0.4, -0.2) is 41.0 Å². The van der Waals surface area contributed by atoms with Gasteiger partial charge >= 0.3 is 5.97 Å². The molecule has 0 bridgehead atoms. The topological polar surface area (TPSA) is 66.9 Å². The van der Waals surface area contributed by atoms with Gasteiger partial charge in [-0.15, -0.1) is 23.2 Å². The molecule has 0 saturated carbocycles. The number of thioether (sulfide) groups is 1. The summed E-state index contributed by atoms with van der Waals surface area (Å²) in [6.45, 7) is 2.13. The number of amides is 1. The van der Waals surface area contributed by atoms with Gasteiger partial charge in [-0.05, 0) is 72.6 Å². The van der Waals surface area contributed by atoms with Crippen molar-refractivity contribution in [2.24, 2.45) is 5.92 Å². The summed E-state index contributed by atoms with van der Waals surface area (Å²) in [4.78, 5) is 48.6. The van der Waals surface area contributed by atoms with Crippen LogP contribution in [0.4, 0.5) is 11.4 Å². The van der Waals surface area contributed by atoms with Crippen molar-refractivity contribution in [1.82, 2.24) is 0 Å². The molecule has 1 fully saturated rings. The maximum Gasteiger partial charge on any atom is 0.313 e. The number of para-hydroxylation sites is 1. The molecule has 0 radical (unpaired) electrons. The fourth-order valence-corrected chi connectivity index (χ4v) is 8.75. The third-order valence-electron chi connectivity index (χ3n) is 8.55. The lowest BCUT2D eigenvalue weighted by atomic mass is 9.69. The Balaban J connectivity index is 0.00000119. The third kappa shape index (κ3) is 5.36. The van der Waals surface area contributed by atoms with Gasteiger partial charge in [-0.3, -0.25) is 14.4 Å². The van der Waals surface area contributed by atoms with E-state index in [-0.39, 0.29) is 23.6 Å². The molecule has 1 saturated heterocycles. The average Bonchev–Trinajstić information content (AvgIpc) is 3.65. The molecule has 6 nitrogen and oxygen atoms in total. The molecule has 11 heteroatoms. The van der Waals surface area contributed by atoms with Crippen LogP contribution in [-0.2, 0) is 26.3 Å². The Hall–Kier alpha value is -3.20. The van der Waals surface area contributed by atoms with Gasteiger partial charge < -0.3 is 14.5 Å². The van der Waals surface area contributed by atoms with Crippen molar-refractivity contribution < 1.29 is 19.1 Å². The highest BCUT2D eigenvalue weighted by atomic mass is 35.5. The smallest absolute Gasteiger partial charge is 0.313 e. The summed E-state index contributed by atoms with van der Waals surface area (Å²) < 4.78 is 5.70. The molecule has 0 aliphatic carbocycles. The molecule has 4 atom stereocenters. The molecule has 0 N–H and O–H groups in total. The molecule has 1 spiro atoms. The lowest BCUT2D eigenvalue weighted by Gasteiger charge is -2.33. The summed E-state index contributed by atoms with van der Waals surface area (Å²) >= 11 is 23.8. The first kappa shape index (κ1) is 32.7. The number of anilines is 2. The summed E-state index contributed by atoms with van der Waals surface area (Å²) in [6, 6.07) is 28.4. The molecule has 0 unspecified atom stereocenters. The average molecular weight is 714 g/mol. The number of benzene rings is 4. The number of esters is 1. The molecule has 3 aliphatic heterocycles. The molecule has 3 aliphatic rings. The molecule has 236 valence electrons. The summed E-state index contributed by atoms with van der Waals surface area (Å²) in [7, 11) is 0. The van der Waals surface area contributed by atoms with Crippen molar-refractivity contribution in [3.63, 3.8) is 0 Å². The first-order chi connectivity index (χ1) is 22.3. The molecule has 1 amide bonds. The summed E-state index contributed by atoms with van der Waals surface area (Å²) in [5.74, 6) is -2.28. The minimum absolute atomic E-state index is 0.103. The number of Topliss-reactive ketones (excluding diaryl/α,β-unsaturated/α-hetero) is 1. The largest absolute Gasteiger partial charge is 0.466 e. The van der Waals surface area contributed by atoms with E-state index in [0.717, 1.165) is 16.1 Å². The Morgan fingerprint density at radius 1 is 0.870 bits per heavy atom. The Bertz CT molecular complexity index is 1790. The fourth-order valence-electron chi connectivity index (χ4n) is 6.84. The zero-order chi connectivity index (χ0) is 32.6. The van der Waals surface area contributed by atoms with E-state index in [2.05, 4.69) is 0 Å². The number of alkyl halides is 2. The number of carbonyl (C=O) groups excluding carboxylic acids is 3. The molecule has 4 aromatic rings. The maximum absolute atomic E-state index is 15.2. The van der Waals surface area contributed by atoms with Crippen LogP contribution in [0.15, 0.2) is 102 Å². The molecular formula is C35H28Cl4N2O4S. The van der Waals surface area contributed by atoms with Gasteiger partial charge in [0.25, 0.3) is 0 Å². The van der Waals surface area contributed by atoms with E-state index in [1.165, 1.54) is 11.8 Å². The number of nitrogens with zero attached hydrogens (tertiary/aromatic N) is 2. The Kier molecular flexibility index (Phi) is 9.60. The maximum atomic E-state index is 15.2. The van der Waals surface area contributed by atoms with Crippen LogP contribution in [0.3, 0.4) is 0 Å². The van der Waals surface area contributed by atoms with Crippen LogP contribution in [0.1, 0.15) is 28.4 Å². The molecule has 4 aromatic carbocycles. The van der Waals surface area contributed by atoms with Crippen molar-refractivity contribution in [2.75, 3.05) is 21.7 Å². The highest BCUT2D eigenvalue weighted by Gasteiger charge is 2.74. The van der Waals surface area contributed by atoms with Crippen molar-refractivity contribution in [3.8, 4) is 0 Å². The minimum atomic E-state index is -1.46. The van der Waals surface area contributed by atoms with Crippen LogP contribution in [0.2, 0.25) is 10.0 Å². The second kappa shape index (κ2) is 13.5. The van der Waals surface area contributed by atoms with E-state index in [1.54, 1.807) is 48.2 Å². The number of ketones is 1. The third-order valence-corrected chi connectivity index (χ3v) is 10.5. The molecular weight excluding hydrogens is 686 g/mol. The van der Waals surface area contributed by atoms with Gasteiger partial charge in [0.05, 0.1) is 24.2 Å². The van der Waals surface area contributed by atoms with Gasteiger partial charge in [0, 0.05) is 26.2 Å². The molecule has 7 rings (SSSR count). The van der Waals surface area contributed by atoms with E-state index in [1.807, 2.05) is 65.6 Å². The van der Waals surface area contributed by atoms with Gasteiger partial charge in [0.2, 0.25) is 5.91 Å². The van der Waals surface area contributed by atoms with Crippen molar-refractivity contribution >= 4 is 87.2 Å². The zero-order valence-electron chi connectivity index (χ0n) is 24.5. The minimum Gasteiger partial charge on any atom is -0.466 e. The van der Waals surface area contributed by atoms with Crippen LogP contribution < -0.4 is 9.80 Å². The number of carbonyl (C=O) groups is 3. The standard InChI is InChI=1S/C34H26Cl2N2O4S.CH2Cl2/c1-2-42-31(40)28-29(30(39)21-12-14-22(35)15-13-21)38-26-10-6-7-11-27(26)43-33(38)34(28)24-18-23(36)16-17-25(24)37(32(34)41)19-20-8-4-3-5-9-20;2-1-3/h3-18,28-29,33H,2,19H2,1H3;1H2/t28-,29-,33+,34+;/m1./s1. The van der Waals surface area contributed by atoms with Gasteiger partial charge in [-0.2, -0.15) is 0 Å². The van der Waals surface area contributed by atoms with Crippen LogP contribution in [0.25, 0.3) is 0 Å². The molecule has 0 aromatic heterocycles. The summed E-state index contributed by atoms with van der Waals surface area (Å²) in [6.07, 6.45) is 0. The Morgan fingerprint density at radius 3 is 2.22 bits per heavy atom. The number of hydrogen-bond acceptors (Lipinski definition) is 6. The van der Waals surface area contributed by atoms with Crippen molar-refractivity contribution in [2.45, 2.75) is 35.2 Å². The number of rotatable bonds is 6. The molecule has 3 heterocycles. The van der Waals surface area contributed by atoms with Crippen molar-refractivity contribution in [1.29, 1.82) is 0 Å². The van der Waals surface area contributed by atoms with Crippen LogP contribution >= 0.6 is 58.2 Å². The highest BCUT2D eigenvalue weighted by Crippen LogP contribution is 2.65. The number of fused-ring (bicyclic) bond motifs is 6. The summed E-state index contributed by atoms with van der Waals surface area (Å²) in [5, 5.41) is 0.521. The monoisotopic (exact) mass is 712 g/mol. The first-order valence-electron chi connectivity index (χ1n) is 14.6. The number of ether oxygens (including phenoxy) is 1. The Labute approximate surface area is 291 Å². The van der Waals surface area contributed by atoms with E-state index < -0.39 is 28.7 Å². The van der Waals surface area contributed by atoms with Crippen LogP contribution in [0.5, 0.6) is 0 Å². The fraction of sp³-hybridized carbons (Fsp3) is 0.229. The number of halogens is 4. The van der Waals surface area contributed by atoms with Gasteiger partial charge in [0.15, 0.2) is 5.78 Å². The lowest BCUT2D eigenvalue weighted by Crippen LogP contribution is -2.53. The summed E-state index contributed by atoms with van der Waals surface area (Å²) in [5.41, 5.74) is 1.97. The van der Waals surface area contributed by atoms with Gasteiger partial charge in [0.1, 0.15) is 22.7 Å². The lowest BCUT2D eigenvalue weighted by molar-refractivity contribution is -0.152. The first-order valence-corrected chi connectivity index (χ1v) is 17.3. The van der Waals surface area contributed by atoms with E-state index in [0.29, 0.717) is 33.4 Å². The normalized spacial score (nSPS) is 22.2. The predicted octanol–water partition coefficient (Wildman–Crippen LogP) is 8.58. The highest BCUT2D eigenvalue weighted by molar-refractivity contribution is 8.00. The molecule has 46 heavy (non-hydrogen) atoms. The predicted molar refractivity (Wildman–Crippen MR) is 186 cm³/mol. The quantitative estimate of drug-likeness (QED) is 0.113. The van der Waals surface area contributed by atoms with Gasteiger partial charge in [-0.25, -0.2) is 0 Å². The van der Waals surface area contributed by atoms with E-state index >= 15 is 4.79 Å². The zero-order valence-corrected chi connectivity index (χ0v) is 28.4. The number of hydrogen-bond donors (Lipinski definition) is 0. The second-order valence-corrected chi connectivity index (χ2v) is 13.7. The second-order valence-electron chi connectivity index (χ2n) is 10.9. The van der Waals surface area contributed by atoms with E-state index in [9.17, 15) is 9.59 Å². The SMILES string of the molecule is CCOC(=O)[C@H]1[C@H](C(=O)c2ccc(Cl)cc2)N2c3ccccc3S[C@H]2[C@]12C(=O)N(Cc1ccccc1)c1ccc(Cl)cc12.ClCCl. The van der Waals surface area contributed by atoms with Crippen molar-refractivity contribution in [3.05, 3.63) is 124 Å². The van der Waals surface area contributed by atoms with E-state index in [4.69, 9.17) is 51.1 Å².